The van der Waals surface area contributed by atoms with E-state index in [4.69, 9.17) is 16.3 Å². The van der Waals surface area contributed by atoms with Crippen molar-refractivity contribution in [3.8, 4) is 5.75 Å². The van der Waals surface area contributed by atoms with Crippen LogP contribution in [0.5, 0.6) is 5.75 Å². The Morgan fingerprint density at radius 3 is 2.42 bits per heavy atom. The summed E-state index contributed by atoms with van der Waals surface area (Å²) < 4.78 is 32.4. The summed E-state index contributed by atoms with van der Waals surface area (Å²) in [5, 5.41) is 3.48. The van der Waals surface area contributed by atoms with Gasteiger partial charge >= 0.3 is 0 Å². The van der Waals surface area contributed by atoms with E-state index in [0.29, 0.717) is 35.0 Å². The summed E-state index contributed by atoms with van der Waals surface area (Å²) in [5.74, 6) is 0.174. The molecule has 31 heavy (non-hydrogen) atoms. The Balaban J connectivity index is 1.67. The highest BCUT2D eigenvalue weighted by atomic mass is 35.5. The molecule has 1 amide bonds. The highest BCUT2D eigenvalue weighted by Gasteiger charge is 2.23. The number of ether oxygens (including phenoxy) is 1. The molecule has 3 rings (SSSR count). The van der Waals surface area contributed by atoms with Crippen molar-refractivity contribution >= 4 is 33.2 Å². The normalized spacial score (nSPS) is 11.1. The van der Waals surface area contributed by atoms with Crippen molar-refractivity contribution in [2.24, 2.45) is 0 Å². The van der Waals surface area contributed by atoms with Gasteiger partial charge in [-0.2, -0.15) is 0 Å². The molecule has 0 fully saturated rings. The summed E-state index contributed by atoms with van der Waals surface area (Å²) in [7, 11) is -0.868. The number of carbonyl (C=O) groups excluding carboxylic acids is 1. The van der Waals surface area contributed by atoms with Crippen LogP contribution in [0.4, 0.5) is 5.69 Å². The zero-order valence-corrected chi connectivity index (χ0v) is 18.8. The number of carbonyl (C=O) groups is 1. The van der Waals surface area contributed by atoms with Gasteiger partial charge in [0.05, 0.1) is 17.7 Å². The monoisotopic (exact) mass is 458 g/mol. The minimum Gasteiger partial charge on any atom is -0.495 e. The lowest BCUT2D eigenvalue weighted by atomic mass is 10.1. The van der Waals surface area contributed by atoms with Crippen LogP contribution in [0.15, 0.2) is 77.7 Å². The predicted molar refractivity (Wildman–Crippen MR) is 123 cm³/mol. The fourth-order valence-electron chi connectivity index (χ4n) is 3.07. The van der Waals surface area contributed by atoms with E-state index in [1.54, 1.807) is 30.3 Å². The first-order valence-corrected chi connectivity index (χ1v) is 11.4. The van der Waals surface area contributed by atoms with Crippen LogP contribution in [-0.4, -0.2) is 35.0 Å². The second kappa shape index (κ2) is 9.85. The molecule has 0 saturated heterocycles. The van der Waals surface area contributed by atoms with Crippen molar-refractivity contribution in [2.45, 2.75) is 11.3 Å². The number of nitrogens with one attached hydrogen (secondary N) is 1. The number of anilines is 1. The molecule has 0 bridgehead atoms. The average Bonchev–Trinajstić information content (AvgIpc) is 2.78. The Morgan fingerprint density at radius 2 is 1.74 bits per heavy atom. The lowest BCUT2D eigenvalue weighted by molar-refractivity contribution is 0.0954. The van der Waals surface area contributed by atoms with Gasteiger partial charge < -0.3 is 10.1 Å². The van der Waals surface area contributed by atoms with E-state index in [1.807, 2.05) is 18.2 Å². The van der Waals surface area contributed by atoms with Crippen LogP contribution in [0.3, 0.4) is 0 Å². The number of amides is 1. The van der Waals surface area contributed by atoms with Crippen molar-refractivity contribution in [1.29, 1.82) is 0 Å². The number of methoxy groups -OCH3 is 1. The topological polar surface area (TPSA) is 75.7 Å². The summed E-state index contributed by atoms with van der Waals surface area (Å²) in [6.45, 7) is 0.440. The van der Waals surface area contributed by atoms with Gasteiger partial charge in [-0.25, -0.2) is 8.42 Å². The van der Waals surface area contributed by atoms with Gasteiger partial charge in [-0.3, -0.25) is 9.10 Å². The quantitative estimate of drug-likeness (QED) is 0.550. The van der Waals surface area contributed by atoms with Crippen LogP contribution < -0.4 is 14.4 Å². The molecule has 1 N–H and O–H groups in total. The maximum atomic E-state index is 13.0. The first-order valence-electron chi connectivity index (χ1n) is 9.57. The summed E-state index contributed by atoms with van der Waals surface area (Å²) in [6, 6.07) is 20.2. The molecule has 0 heterocycles. The molecule has 0 atom stereocenters. The minimum absolute atomic E-state index is 0.0800. The second-order valence-corrected chi connectivity index (χ2v) is 9.21. The SMILES string of the molecule is COc1ccccc1N(C)S(=O)(=O)c1ccc(C(=O)NCCc2cccc(Cl)c2)cc1. The number of nitrogens with zero attached hydrogens (tertiary/aromatic N) is 1. The van der Waals surface area contributed by atoms with E-state index >= 15 is 0 Å². The van der Waals surface area contributed by atoms with Crippen LogP contribution in [0.1, 0.15) is 15.9 Å². The van der Waals surface area contributed by atoms with Crippen LogP contribution in [0.2, 0.25) is 5.02 Å². The van der Waals surface area contributed by atoms with Gasteiger partial charge in [-0.15, -0.1) is 0 Å². The van der Waals surface area contributed by atoms with Crippen LogP contribution >= 0.6 is 11.6 Å². The number of benzene rings is 3. The Morgan fingerprint density at radius 1 is 1.03 bits per heavy atom. The van der Waals surface area contributed by atoms with Gasteiger partial charge in [-0.05, 0) is 60.5 Å². The number of rotatable bonds is 8. The van der Waals surface area contributed by atoms with Gasteiger partial charge in [0.2, 0.25) is 0 Å². The molecular weight excluding hydrogens is 436 g/mol. The summed E-state index contributed by atoms with van der Waals surface area (Å²) >= 11 is 5.97. The highest BCUT2D eigenvalue weighted by molar-refractivity contribution is 7.92. The van der Waals surface area contributed by atoms with Gasteiger partial charge in [0, 0.05) is 24.2 Å². The highest BCUT2D eigenvalue weighted by Crippen LogP contribution is 2.30. The maximum Gasteiger partial charge on any atom is 0.264 e. The first kappa shape index (κ1) is 22.7. The Labute approximate surface area is 187 Å². The molecule has 0 spiro atoms. The molecule has 0 aliphatic rings. The minimum atomic E-state index is -3.82. The number of halogens is 1. The molecule has 0 aromatic heterocycles. The van der Waals surface area contributed by atoms with Gasteiger partial charge in [0.15, 0.2) is 0 Å². The maximum absolute atomic E-state index is 13.0. The molecule has 0 radical (unpaired) electrons. The third-order valence-electron chi connectivity index (χ3n) is 4.79. The van der Waals surface area contributed by atoms with E-state index in [9.17, 15) is 13.2 Å². The fourth-order valence-corrected chi connectivity index (χ4v) is 4.49. The van der Waals surface area contributed by atoms with Crippen molar-refractivity contribution in [3.05, 3.63) is 88.9 Å². The molecular formula is C23H23ClN2O4S. The molecule has 3 aromatic rings. The molecule has 8 heteroatoms. The van der Waals surface area contributed by atoms with Crippen molar-refractivity contribution in [2.75, 3.05) is 25.0 Å². The standard InChI is InChI=1S/C23H23ClN2O4S/c1-26(21-8-3-4-9-22(21)30-2)31(28,29)20-12-10-18(11-13-20)23(27)25-15-14-17-6-5-7-19(24)16-17/h3-13,16H,14-15H2,1-2H3,(H,25,27). The van der Waals surface area contributed by atoms with E-state index in [2.05, 4.69) is 5.32 Å². The zero-order valence-electron chi connectivity index (χ0n) is 17.2. The van der Waals surface area contributed by atoms with Crippen LogP contribution in [-0.2, 0) is 16.4 Å². The number of para-hydroxylation sites is 2. The smallest absolute Gasteiger partial charge is 0.264 e. The lowest BCUT2D eigenvalue weighted by Gasteiger charge is -2.21. The second-order valence-electron chi connectivity index (χ2n) is 6.80. The molecule has 162 valence electrons. The van der Waals surface area contributed by atoms with Crippen molar-refractivity contribution in [1.82, 2.24) is 5.32 Å². The number of hydrogen-bond donors (Lipinski definition) is 1. The van der Waals surface area contributed by atoms with E-state index in [-0.39, 0.29) is 10.8 Å². The first-order chi connectivity index (χ1) is 14.8. The zero-order chi connectivity index (χ0) is 22.4. The molecule has 0 unspecified atom stereocenters. The summed E-state index contributed by atoms with van der Waals surface area (Å²) in [5.41, 5.74) is 1.83. The Bertz CT molecular complexity index is 1160. The van der Waals surface area contributed by atoms with Crippen molar-refractivity contribution < 1.29 is 17.9 Å². The summed E-state index contributed by atoms with van der Waals surface area (Å²) in [4.78, 5) is 12.5. The Kier molecular flexibility index (Phi) is 7.20. The fraction of sp³-hybridized carbons (Fsp3) is 0.174. The summed E-state index contributed by atoms with van der Waals surface area (Å²) in [6.07, 6.45) is 0.641. The van der Waals surface area contributed by atoms with E-state index in [1.165, 1.54) is 38.4 Å². The van der Waals surface area contributed by atoms with Crippen LogP contribution in [0, 0.1) is 0 Å². The molecule has 0 aliphatic carbocycles. The Hall–Kier alpha value is -3.03. The molecule has 0 saturated carbocycles. The third kappa shape index (κ3) is 5.37. The molecule has 3 aromatic carbocycles. The molecule has 0 aliphatic heterocycles. The largest absolute Gasteiger partial charge is 0.495 e. The third-order valence-corrected chi connectivity index (χ3v) is 6.81. The number of sulfonamides is 1. The lowest BCUT2D eigenvalue weighted by Crippen LogP contribution is -2.27. The van der Waals surface area contributed by atoms with Gasteiger partial charge in [-0.1, -0.05) is 35.9 Å². The van der Waals surface area contributed by atoms with Crippen molar-refractivity contribution in [3.63, 3.8) is 0 Å². The van der Waals surface area contributed by atoms with E-state index < -0.39 is 10.0 Å². The van der Waals surface area contributed by atoms with E-state index in [0.717, 1.165) is 9.87 Å². The van der Waals surface area contributed by atoms with Gasteiger partial charge in [0.25, 0.3) is 15.9 Å². The predicted octanol–water partition coefficient (Wildman–Crippen LogP) is 4.15. The van der Waals surface area contributed by atoms with Crippen LogP contribution in [0.25, 0.3) is 0 Å². The average molecular weight is 459 g/mol. The number of hydrogen-bond acceptors (Lipinski definition) is 4. The molecule has 6 nitrogen and oxygen atoms in total. The van der Waals surface area contributed by atoms with Gasteiger partial charge in [0.1, 0.15) is 5.75 Å².